The van der Waals surface area contributed by atoms with Crippen LogP contribution in [0.15, 0.2) is 115 Å². The molecule has 0 heterocycles. The van der Waals surface area contributed by atoms with Gasteiger partial charge in [0.2, 0.25) is 82.7 Å². The average Bonchev–Trinajstić information content (AvgIpc) is 0.841. The number of nitrogens with one attached hydrogen (secondary N) is 13. The van der Waals surface area contributed by atoms with Crippen molar-refractivity contribution in [3.8, 4) is 5.75 Å². The number of aliphatic hydroxyl groups is 1. The molecule has 0 aliphatic carbocycles. The van der Waals surface area contributed by atoms with Crippen LogP contribution in [0.25, 0.3) is 0 Å². The molecule has 4 aromatic rings. The van der Waals surface area contributed by atoms with Crippen LogP contribution in [-0.4, -0.2) is 257 Å². The maximum absolute atomic E-state index is 15.2. The van der Waals surface area contributed by atoms with E-state index in [2.05, 4.69) is 58.5 Å². The SMILES string of the molecule is CC[C@H](C)[C@H](NC(=O)[C@H](Cc1ccc(O)cc1)NC(=O)[C@@H](N)[C@@H](C)O)C(=O)N[C@@H](Cc1ccccc1)C(=O)N[C@@H](CCC(=O)O)C(=O)N[C@H](C(=O)N[C@@H](Cc1ccccc1)C(=O)N[C@@H](Cc1ccccc1)C(=O)N[C@@H](CCC(N)=O)C(=O)N[C@@H](CCCCN)C(=O)N[C@@H](CCC(=O)O)C(=O)N[C@@H](CCC(=O)O)C(=O)N[C@@H](CC(=O)O)C(=O)N[C@@H](CC(=O)O)C(=O)O)C(C)C. The number of rotatable bonds is 59. The lowest BCUT2D eigenvalue weighted by molar-refractivity contribution is -0.148. The molecule has 44 nitrogen and oxygen atoms in total. The summed E-state index contributed by atoms with van der Waals surface area (Å²) in [6.45, 7) is 7.59. The topological polar surface area (TPSA) is 738 Å². The lowest BCUT2D eigenvalue weighted by atomic mass is 9.96. The Morgan fingerprint density at radius 2 is 0.597 bits per heavy atom. The normalized spacial score (nSPS) is 14.8. The van der Waals surface area contributed by atoms with Crippen molar-refractivity contribution in [1.29, 1.82) is 0 Å². The third-order valence-electron chi connectivity index (χ3n) is 20.4. The van der Waals surface area contributed by atoms with Gasteiger partial charge < -0.3 is 127 Å². The maximum atomic E-state index is 15.2. The maximum Gasteiger partial charge on any atom is 0.326 e. The third kappa shape index (κ3) is 39.2. The van der Waals surface area contributed by atoms with E-state index in [4.69, 9.17) is 17.2 Å². The molecular weight excluding hydrogens is 1690 g/mol. The van der Waals surface area contributed by atoms with Crippen molar-refractivity contribution < 1.29 is 137 Å². The summed E-state index contributed by atoms with van der Waals surface area (Å²) in [4.78, 5) is 272. The lowest BCUT2D eigenvalue weighted by Crippen LogP contribution is -2.62. The summed E-state index contributed by atoms with van der Waals surface area (Å²) in [6, 6.07) is 4.95. The average molecular weight is 1810 g/mol. The number of hydrogen-bond acceptors (Lipinski definition) is 24. The zero-order valence-corrected chi connectivity index (χ0v) is 71.7. The quantitative estimate of drug-likeness (QED) is 0.0190. The molecule has 44 heteroatoms. The highest BCUT2D eigenvalue weighted by Crippen LogP contribution is 2.19. The lowest BCUT2D eigenvalue weighted by Gasteiger charge is -2.30. The molecule has 0 aliphatic heterocycles. The number of benzene rings is 4. The second-order valence-corrected chi connectivity index (χ2v) is 31.1. The molecule has 0 unspecified atom stereocenters. The molecule has 14 amide bonds. The predicted molar refractivity (Wildman–Crippen MR) is 455 cm³/mol. The standard InChI is InChI=1S/C85H116N16O28/c1-6-45(4)71(101-81(124)60(96-82(125)69(88)46(5)102)41-50-25-27-51(103)28-26-50)84(127)98-58(39-48-20-12-8-13-21-48)78(121)93-56(32-36-66(109)110)76(119)100-70(44(2)3)83(126)97-59(40-49-22-14-9-15-23-49)79(122)94-57(38-47-18-10-7-11-19-47)77(120)92-53(29-33-63(87)104)73(116)89-52(24-16-17-37-86)72(115)90-54(30-34-64(105)106)74(117)91-55(31-35-65(107)108)75(118)95-61(42-67(111)112)80(123)99-62(85(128)129)43-68(113)114/h7-15,18-23,25-28,44-46,52-62,69-71,102-103H,6,16-17,24,29-43,86,88H2,1-5H3,(H2,87,104)(H,89,116)(H,90,115)(H,91,117)(H,92,120)(H,93,121)(H,94,122)(H,95,118)(H,96,125)(H,97,126)(H,98,127)(H,99,123)(H,100,119)(H,101,124)(H,105,106)(H,107,108)(H,109,110)(H,111,112)(H,113,114)(H,128,129)/t45-,46+,52-,53-,54-,55-,56-,57-,58-,59-,60-,61-,62-,69-,70-,71-/m0/s1. The number of phenolic OH excluding ortho intramolecular Hbond substituents is 1. The minimum Gasteiger partial charge on any atom is -0.508 e. The van der Waals surface area contributed by atoms with Crippen LogP contribution in [0.5, 0.6) is 5.75 Å². The monoisotopic (exact) mass is 1810 g/mol. The summed E-state index contributed by atoms with van der Waals surface area (Å²) in [7, 11) is 0. The smallest absolute Gasteiger partial charge is 0.326 e. The van der Waals surface area contributed by atoms with E-state index in [1.54, 1.807) is 110 Å². The Bertz CT molecular complexity index is 4530. The summed E-state index contributed by atoms with van der Waals surface area (Å²) in [5.41, 5.74) is 19.0. The number of carboxylic acids is 6. The van der Waals surface area contributed by atoms with Gasteiger partial charge in [0, 0.05) is 51.4 Å². The molecule has 0 aliphatic rings. The Kier molecular flexibility index (Phi) is 45.5. The molecule has 0 bridgehead atoms. The Morgan fingerprint density at radius 1 is 0.318 bits per heavy atom. The molecule has 704 valence electrons. The number of carbonyl (C=O) groups excluding carboxylic acids is 14. The molecule has 129 heavy (non-hydrogen) atoms. The number of amides is 14. The van der Waals surface area contributed by atoms with E-state index >= 15 is 9.59 Å². The Hall–Kier alpha value is -14.0. The zero-order chi connectivity index (χ0) is 96.3. The van der Waals surface area contributed by atoms with Crippen LogP contribution >= 0.6 is 0 Å². The van der Waals surface area contributed by atoms with Crippen LogP contribution in [0, 0.1) is 11.8 Å². The molecule has 0 saturated carbocycles. The van der Waals surface area contributed by atoms with E-state index in [1.807, 2.05) is 5.32 Å². The van der Waals surface area contributed by atoms with Gasteiger partial charge in [0.15, 0.2) is 0 Å². The minimum absolute atomic E-state index is 0.0117. The van der Waals surface area contributed by atoms with Gasteiger partial charge in [0.25, 0.3) is 0 Å². The molecule has 4 aromatic carbocycles. The molecule has 16 atom stereocenters. The van der Waals surface area contributed by atoms with Crippen LogP contribution in [0.1, 0.15) is 147 Å². The molecule has 0 fully saturated rings. The summed E-state index contributed by atoms with van der Waals surface area (Å²) in [6.07, 6.45) is -11.0. The highest BCUT2D eigenvalue weighted by molar-refractivity contribution is 6.01. The number of aliphatic carboxylic acids is 6. The number of carbonyl (C=O) groups is 20. The van der Waals surface area contributed by atoms with Crippen LogP contribution in [0.3, 0.4) is 0 Å². The fourth-order valence-corrected chi connectivity index (χ4v) is 12.9. The third-order valence-corrected chi connectivity index (χ3v) is 20.4. The second-order valence-electron chi connectivity index (χ2n) is 31.1. The van der Waals surface area contributed by atoms with E-state index in [-0.39, 0.29) is 63.7 Å². The van der Waals surface area contributed by atoms with Crippen LogP contribution in [0.2, 0.25) is 0 Å². The fourth-order valence-electron chi connectivity index (χ4n) is 12.9. The van der Waals surface area contributed by atoms with Crippen molar-refractivity contribution in [3.05, 3.63) is 138 Å². The number of aromatic hydroxyl groups is 1. The van der Waals surface area contributed by atoms with Crippen molar-refractivity contribution >= 4 is 119 Å². The highest BCUT2D eigenvalue weighted by atomic mass is 16.4. The number of unbranched alkanes of at least 4 members (excludes halogenated alkanes) is 1. The molecular formula is C85H116N16O28. The van der Waals surface area contributed by atoms with E-state index in [1.165, 1.54) is 45.0 Å². The Balaban J connectivity index is 1.71. The number of primary amides is 1. The van der Waals surface area contributed by atoms with Crippen molar-refractivity contribution in [1.82, 2.24) is 69.1 Å². The van der Waals surface area contributed by atoms with Gasteiger partial charge >= 0.3 is 35.8 Å². The van der Waals surface area contributed by atoms with Crippen molar-refractivity contribution in [2.45, 2.75) is 241 Å². The van der Waals surface area contributed by atoms with Crippen molar-refractivity contribution in [2.24, 2.45) is 29.0 Å². The predicted octanol–water partition coefficient (Wildman–Crippen LogP) is -3.60. The minimum atomic E-state index is -2.22. The Morgan fingerprint density at radius 3 is 0.930 bits per heavy atom. The number of phenols is 1. The Labute approximate surface area is 741 Å². The first-order valence-electron chi connectivity index (χ1n) is 41.5. The summed E-state index contributed by atoms with van der Waals surface area (Å²) < 4.78 is 0. The van der Waals surface area contributed by atoms with Gasteiger partial charge in [0.05, 0.1) is 18.9 Å². The largest absolute Gasteiger partial charge is 0.508 e. The number of nitrogens with two attached hydrogens (primary N) is 3. The van der Waals surface area contributed by atoms with Gasteiger partial charge in [-0.1, -0.05) is 137 Å². The van der Waals surface area contributed by atoms with E-state index in [9.17, 15) is 127 Å². The van der Waals surface area contributed by atoms with Crippen molar-refractivity contribution in [3.63, 3.8) is 0 Å². The van der Waals surface area contributed by atoms with Gasteiger partial charge in [-0.15, -0.1) is 0 Å². The summed E-state index contributed by atoms with van der Waals surface area (Å²) >= 11 is 0. The van der Waals surface area contributed by atoms with Crippen LogP contribution < -0.4 is 86.3 Å². The fraction of sp³-hybridized carbons (Fsp3) is 0.482. The van der Waals surface area contributed by atoms with E-state index < -0.39 is 285 Å². The van der Waals surface area contributed by atoms with E-state index in [0.29, 0.717) is 22.3 Å². The zero-order valence-electron chi connectivity index (χ0n) is 71.7. The van der Waals surface area contributed by atoms with Crippen LogP contribution in [0.4, 0.5) is 0 Å². The summed E-state index contributed by atoms with van der Waals surface area (Å²) in [5.74, 6) is -27.7. The first kappa shape index (κ1) is 107. The second kappa shape index (κ2) is 54.8. The van der Waals surface area contributed by atoms with Gasteiger partial charge in [-0.3, -0.25) is 91.1 Å². The highest BCUT2D eigenvalue weighted by Gasteiger charge is 2.41. The number of hydrogen-bond donors (Lipinski definition) is 24. The molecule has 0 radical (unpaired) electrons. The van der Waals surface area contributed by atoms with Gasteiger partial charge in [-0.05, 0) is 105 Å². The molecule has 0 saturated heterocycles. The van der Waals surface area contributed by atoms with Gasteiger partial charge in [-0.2, -0.15) is 0 Å². The summed E-state index contributed by atoms with van der Waals surface area (Å²) in [5, 5.41) is 109. The molecule has 27 N–H and O–H groups in total. The number of carboxylic acid groups (broad SMARTS) is 6. The first-order valence-corrected chi connectivity index (χ1v) is 41.5. The molecule has 4 rings (SSSR count). The van der Waals surface area contributed by atoms with Gasteiger partial charge in [0.1, 0.15) is 90.3 Å². The van der Waals surface area contributed by atoms with Crippen molar-refractivity contribution in [2.75, 3.05) is 6.54 Å². The molecule has 0 aromatic heterocycles. The molecule has 0 spiro atoms. The number of aliphatic hydroxyl groups excluding tert-OH is 1. The van der Waals surface area contributed by atoms with E-state index in [0.717, 1.165) is 0 Å². The first-order chi connectivity index (χ1) is 60.9. The van der Waals surface area contributed by atoms with Crippen LogP contribution in [-0.2, 0) is 122 Å². The van der Waals surface area contributed by atoms with Gasteiger partial charge in [-0.25, -0.2) is 4.79 Å².